The number of rotatable bonds is 3. The molecule has 150 valence electrons. The second-order valence-corrected chi connectivity index (χ2v) is 8.42. The molecule has 1 saturated heterocycles. The maximum atomic E-state index is 13.6. The lowest BCUT2D eigenvalue weighted by molar-refractivity contribution is -0.120. The molecule has 2 aromatic carbocycles. The number of amides is 2. The van der Waals surface area contributed by atoms with E-state index in [1.54, 1.807) is 0 Å². The SMILES string of the molecule is Cc1ccc(C2=C(N3CCC(C)CC3)C(=O)N(c3cccc(C)c3C)C2=O)cc1. The zero-order chi connectivity index (χ0) is 20.7. The first kappa shape index (κ1) is 19.4. The van der Waals surface area contributed by atoms with E-state index in [4.69, 9.17) is 0 Å². The first-order valence-electron chi connectivity index (χ1n) is 10.4. The number of hydrogen-bond donors (Lipinski definition) is 0. The van der Waals surface area contributed by atoms with Crippen LogP contribution in [0.15, 0.2) is 48.2 Å². The summed E-state index contributed by atoms with van der Waals surface area (Å²) >= 11 is 0. The molecule has 2 amide bonds. The molecule has 0 aliphatic carbocycles. The highest BCUT2D eigenvalue weighted by Gasteiger charge is 2.43. The topological polar surface area (TPSA) is 40.6 Å². The molecule has 0 aromatic heterocycles. The van der Waals surface area contributed by atoms with Crippen molar-refractivity contribution < 1.29 is 9.59 Å². The van der Waals surface area contributed by atoms with E-state index < -0.39 is 0 Å². The van der Waals surface area contributed by atoms with E-state index in [2.05, 4.69) is 11.8 Å². The van der Waals surface area contributed by atoms with Gasteiger partial charge in [-0.05, 0) is 62.3 Å². The third-order valence-corrected chi connectivity index (χ3v) is 6.32. The van der Waals surface area contributed by atoms with Crippen LogP contribution in [0.4, 0.5) is 5.69 Å². The highest BCUT2D eigenvalue weighted by molar-refractivity contribution is 6.45. The molecule has 2 aromatic rings. The fraction of sp³-hybridized carbons (Fsp3) is 0.360. The van der Waals surface area contributed by atoms with Crippen LogP contribution < -0.4 is 4.90 Å². The number of carbonyl (C=O) groups is 2. The van der Waals surface area contributed by atoms with Gasteiger partial charge in [-0.1, -0.05) is 48.9 Å². The number of aryl methyl sites for hydroxylation is 2. The van der Waals surface area contributed by atoms with Crippen molar-refractivity contribution in [3.8, 4) is 0 Å². The monoisotopic (exact) mass is 388 g/mol. The number of hydrogen-bond acceptors (Lipinski definition) is 3. The van der Waals surface area contributed by atoms with Gasteiger partial charge in [0.15, 0.2) is 0 Å². The lowest BCUT2D eigenvalue weighted by atomic mass is 9.97. The van der Waals surface area contributed by atoms with Crippen LogP contribution in [0, 0.1) is 26.7 Å². The van der Waals surface area contributed by atoms with Crippen molar-refractivity contribution in [2.24, 2.45) is 5.92 Å². The molecule has 29 heavy (non-hydrogen) atoms. The van der Waals surface area contributed by atoms with Crippen molar-refractivity contribution in [1.29, 1.82) is 0 Å². The summed E-state index contributed by atoms with van der Waals surface area (Å²) in [6, 6.07) is 13.7. The molecule has 4 rings (SSSR count). The van der Waals surface area contributed by atoms with Crippen LogP contribution >= 0.6 is 0 Å². The van der Waals surface area contributed by atoms with Crippen molar-refractivity contribution in [1.82, 2.24) is 4.90 Å². The van der Waals surface area contributed by atoms with Gasteiger partial charge in [0.2, 0.25) is 0 Å². The van der Waals surface area contributed by atoms with Gasteiger partial charge < -0.3 is 4.90 Å². The van der Waals surface area contributed by atoms with E-state index in [0.717, 1.165) is 48.2 Å². The van der Waals surface area contributed by atoms with Gasteiger partial charge in [0.05, 0.1) is 11.3 Å². The Morgan fingerprint density at radius 1 is 0.862 bits per heavy atom. The fourth-order valence-electron chi connectivity index (χ4n) is 4.22. The molecular formula is C25H28N2O2. The van der Waals surface area contributed by atoms with E-state index in [1.807, 2.05) is 63.2 Å². The Morgan fingerprint density at radius 2 is 1.52 bits per heavy atom. The van der Waals surface area contributed by atoms with Crippen LogP contribution in [-0.4, -0.2) is 29.8 Å². The summed E-state index contributed by atoms with van der Waals surface area (Å²) in [5, 5.41) is 0. The maximum absolute atomic E-state index is 13.6. The summed E-state index contributed by atoms with van der Waals surface area (Å²) in [5.74, 6) is 0.229. The molecule has 2 aliphatic heterocycles. The molecule has 0 atom stereocenters. The molecule has 0 spiro atoms. The van der Waals surface area contributed by atoms with Crippen LogP contribution in [0.1, 0.15) is 42.0 Å². The number of benzene rings is 2. The minimum Gasteiger partial charge on any atom is -0.366 e. The van der Waals surface area contributed by atoms with E-state index >= 15 is 0 Å². The Kier molecular flexibility index (Phi) is 5.03. The highest BCUT2D eigenvalue weighted by atomic mass is 16.2. The Morgan fingerprint density at radius 3 is 2.17 bits per heavy atom. The first-order chi connectivity index (χ1) is 13.9. The smallest absolute Gasteiger partial charge is 0.282 e. The summed E-state index contributed by atoms with van der Waals surface area (Å²) < 4.78 is 0. The van der Waals surface area contributed by atoms with Gasteiger partial charge in [-0.25, -0.2) is 4.90 Å². The number of anilines is 1. The highest BCUT2D eigenvalue weighted by Crippen LogP contribution is 2.37. The van der Waals surface area contributed by atoms with Gasteiger partial charge in [0.25, 0.3) is 11.8 Å². The van der Waals surface area contributed by atoms with Crippen LogP contribution in [0.5, 0.6) is 0 Å². The van der Waals surface area contributed by atoms with E-state index in [0.29, 0.717) is 22.9 Å². The zero-order valence-corrected chi connectivity index (χ0v) is 17.7. The lowest BCUT2D eigenvalue weighted by Gasteiger charge is -2.32. The van der Waals surface area contributed by atoms with E-state index in [-0.39, 0.29) is 11.8 Å². The molecule has 0 radical (unpaired) electrons. The van der Waals surface area contributed by atoms with Gasteiger partial charge in [0.1, 0.15) is 5.70 Å². The standard InChI is InChI=1S/C25H28N2O2/c1-16-8-10-20(11-9-16)22-23(26-14-12-17(2)13-15-26)25(29)27(24(22)28)21-7-5-6-18(3)19(21)4/h5-11,17H,12-15H2,1-4H3. The molecule has 2 heterocycles. The Hall–Kier alpha value is -2.88. The maximum Gasteiger partial charge on any atom is 0.282 e. The summed E-state index contributed by atoms with van der Waals surface area (Å²) in [4.78, 5) is 30.7. The molecule has 2 aliphatic rings. The lowest BCUT2D eigenvalue weighted by Crippen LogP contribution is -2.38. The normalized spacial score (nSPS) is 18.2. The second-order valence-electron chi connectivity index (χ2n) is 8.42. The van der Waals surface area contributed by atoms with Crippen LogP contribution in [-0.2, 0) is 9.59 Å². The summed E-state index contributed by atoms with van der Waals surface area (Å²) in [7, 11) is 0. The van der Waals surface area contributed by atoms with Crippen LogP contribution in [0.2, 0.25) is 0 Å². The van der Waals surface area contributed by atoms with Crippen LogP contribution in [0.25, 0.3) is 5.57 Å². The molecule has 0 N–H and O–H groups in total. The van der Waals surface area contributed by atoms with Gasteiger partial charge in [0, 0.05) is 13.1 Å². The van der Waals surface area contributed by atoms with Crippen molar-refractivity contribution in [3.05, 3.63) is 70.4 Å². The van der Waals surface area contributed by atoms with Crippen molar-refractivity contribution in [2.45, 2.75) is 40.5 Å². The summed E-state index contributed by atoms with van der Waals surface area (Å²) in [5.41, 5.74) is 5.76. The van der Waals surface area contributed by atoms with Gasteiger partial charge in [-0.15, -0.1) is 0 Å². The molecule has 1 fully saturated rings. The van der Waals surface area contributed by atoms with Crippen molar-refractivity contribution >= 4 is 23.1 Å². The zero-order valence-electron chi connectivity index (χ0n) is 17.7. The first-order valence-corrected chi connectivity index (χ1v) is 10.4. The third kappa shape index (κ3) is 3.37. The number of piperidine rings is 1. The largest absolute Gasteiger partial charge is 0.366 e. The second kappa shape index (κ2) is 7.51. The van der Waals surface area contributed by atoms with E-state index in [9.17, 15) is 9.59 Å². The predicted octanol–water partition coefficient (Wildman–Crippen LogP) is 4.63. The van der Waals surface area contributed by atoms with Gasteiger partial charge >= 0.3 is 0 Å². The molecule has 4 nitrogen and oxygen atoms in total. The third-order valence-electron chi connectivity index (χ3n) is 6.32. The van der Waals surface area contributed by atoms with Gasteiger partial charge in [-0.3, -0.25) is 9.59 Å². The average Bonchev–Trinajstić information content (AvgIpc) is 2.96. The fourth-order valence-corrected chi connectivity index (χ4v) is 4.22. The summed E-state index contributed by atoms with van der Waals surface area (Å²) in [6.45, 7) is 9.87. The molecular weight excluding hydrogens is 360 g/mol. The summed E-state index contributed by atoms with van der Waals surface area (Å²) in [6.07, 6.45) is 2.07. The number of imide groups is 1. The number of carbonyl (C=O) groups excluding carboxylic acids is 2. The molecule has 0 unspecified atom stereocenters. The Balaban J connectivity index is 1.83. The minimum absolute atomic E-state index is 0.200. The predicted molar refractivity (Wildman–Crippen MR) is 116 cm³/mol. The van der Waals surface area contributed by atoms with Crippen LogP contribution in [0.3, 0.4) is 0 Å². The Bertz CT molecular complexity index is 996. The molecule has 0 saturated carbocycles. The molecule has 0 bridgehead atoms. The van der Waals surface area contributed by atoms with Gasteiger partial charge in [-0.2, -0.15) is 0 Å². The molecule has 4 heteroatoms. The quantitative estimate of drug-likeness (QED) is 0.720. The number of nitrogens with zero attached hydrogens (tertiary/aromatic N) is 2. The van der Waals surface area contributed by atoms with E-state index in [1.165, 1.54) is 4.90 Å². The minimum atomic E-state index is -0.221. The average molecular weight is 389 g/mol. The van der Waals surface area contributed by atoms with Crippen molar-refractivity contribution in [3.63, 3.8) is 0 Å². The van der Waals surface area contributed by atoms with Crippen molar-refractivity contribution in [2.75, 3.05) is 18.0 Å². The number of likely N-dealkylation sites (tertiary alicyclic amines) is 1. The Labute approximate surface area is 172 Å².